The Morgan fingerprint density at radius 2 is 1.55 bits per heavy atom. The molecule has 0 radical (unpaired) electrons. The molecular formula is C20H30N4O5. The Kier molecular flexibility index (Phi) is 6.13. The average molecular weight is 406 g/mol. The number of anilines is 2. The van der Waals surface area contributed by atoms with E-state index in [4.69, 9.17) is 15.3 Å². The lowest BCUT2D eigenvalue weighted by atomic mass is 10.1. The molecule has 9 nitrogen and oxygen atoms in total. The average Bonchev–Trinajstić information content (AvgIpc) is 2.57. The molecule has 0 saturated carbocycles. The fraction of sp³-hybridized carbons (Fsp3) is 0.550. The summed E-state index contributed by atoms with van der Waals surface area (Å²) >= 11 is 0. The molecule has 0 bridgehead atoms. The van der Waals surface area contributed by atoms with E-state index in [0.29, 0.717) is 29.5 Å². The minimum absolute atomic E-state index is 0.204. The molecule has 0 fully saturated rings. The zero-order valence-electron chi connectivity index (χ0n) is 18.1. The van der Waals surface area contributed by atoms with Crippen LogP contribution in [0.5, 0.6) is 0 Å². The van der Waals surface area contributed by atoms with Gasteiger partial charge in [-0.25, -0.2) is 15.4 Å². The maximum atomic E-state index is 12.6. The van der Waals surface area contributed by atoms with Crippen LogP contribution in [0.2, 0.25) is 0 Å². The first-order chi connectivity index (χ1) is 13.2. The summed E-state index contributed by atoms with van der Waals surface area (Å²) < 4.78 is 10.6. The second kappa shape index (κ2) is 7.90. The van der Waals surface area contributed by atoms with E-state index in [1.165, 1.54) is 11.0 Å². The van der Waals surface area contributed by atoms with Gasteiger partial charge in [0.1, 0.15) is 11.2 Å². The van der Waals surface area contributed by atoms with Gasteiger partial charge in [0.2, 0.25) is 0 Å². The lowest BCUT2D eigenvalue weighted by Crippen LogP contribution is -2.46. The molecule has 1 aromatic carbocycles. The molecule has 0 saturated heterocycles. The highest BCUT2D eigenvalue weighted by Crippen LogP contribution is 2.34. The van der Waals surface area contributed by atoms with E-state index in [9.17, 15) is 14.4 Å². The molecule has 0 spiro atoms. The highest BCUT2D eigenvalue weighted by Gasteiger charge is 2.31. The molecule has 160 valence electrons. The van der Waals surface area contributed by atoms with Crippen molar-refractivity contribution in [1.82, 2.24) is 5.01 Å². The van der Waals surface area contributed by atoms with Gasteiger partial charge in [-0.2, -0.15) is 5.01 Å². The van der Waals surface area contributed by atoms with Crippen LogP contribution in [0.4, 0.5) is 21.0 Å². The zero-order valence-corrected chi connectivity index (χ0v) is 18.1. The number of imide groups is 1. The number of likely N-dealkylation sites (N-methyl/N-ethyl adjacent to an activating group) is 1. The van der Waals surface area contributed by atoms with E-state index in [2.05, 4.69) is 0 Å². The van der Waals surface area contributed by atoms with Gasteiger partial charge in [-0.1, -0.05) is 0 Å². The fourth-order valence-corrected chi connectivity index (χ4v) is 2.72. The molecule has 2 rings (SSSR count). The molecule has 29 heavy (non-hydrogen) atoms. The Labute approximate surface area is 171 Å². The number of carbonyl (C=O) groups is 3. The number of amides is 3. The second-order valence-corrected chi connectivity index (χ2v) is 8.91. The third-order valence-corrected chi connectivity index (χ3v) is 4.01. The Hall–Kier alpha value is -2.81. The molecule has 9 heteroatoms. The van der Waals surface area contributed by atoms with Gasteiger partial charge in [0, 0.05) is 25.7 Å². The molecular weight excluding hydrogens is 376 g/mol. The maximum Gasteiger partial charge on any atom is 0.432 e. The van der Waals surface area contributed by atoms with Crippen LogP contribution in [0.1, 0.15) is 51.9 Å². The fourth-order valence-electron chi connectivity index (χ4n) is 2.72. The van der Waals surface area contributed by atoms with Crippen LogP contribution >= 0.6 is 0 Å². The second-order valence-electron chi connectivity index (χ2n) is 8.91. The summed E-state index contributed by atoms with van der Waals surface area (Å²) in [4.78, 5) is 40.7. The van der Waals surface area contributed by atoms with Crippen LogP contribution in [0.3, 0.4) is 0 Å². The van der Waals surface area contributed by atoms with Crippen molar-refractivity contribution in [3.05, 3.63) is 23.8 Å². The Balaban J connectivity index is 2.29. The van der Waals surface area contributed by atoms with Crippen molar-refractivity contribution in [2.24, 2.45) is 5.84 Å². The van der Waals surface area contributed by atoms with Crippen molar-refractivity contribution in [1.29, 1.82) is 0 Å². The quantitative estimate of drug-likeness (QED) is 0.434. The van der Waals surface area contributed by atoms with Crippen molar-refractivity contribution >= 4 is 29.5 Å². The van der Waals surface area contributed by atoms with Crippen LogP contribution in [0.15, 0.2) is 18.2 Å². The van der Waals surface area contributed by atoms with Gasteiger partial charge in [0.25, 0.3) is 5.91 Å². The van der Waals surface area contributed by atoms with Gasteiger partial charge < -0.3 is 14.4 Å². The Bertz CT molecular complexity index is 810. The molecule has 0 atom stereocenters. The van der Waals surface area contributed by atoms with E-state index >= 15 is 0 Å². The number of hydrogen-bond donors (Lipinski definition) is 1. The zero-order chi connectivity index (χ0) is 22.1. The summed E-state index contributed by atoms with van der Waals surface area (Å²) in [5, 5.41) is 0.446. The first kappa shape index (κ1) is 22.5. The molecule has 0 unspecified atom stereocenters. The number of nitrogens with two attached hydrogens (primary N) is 1. The summed E-state index contributed by atoms with van der Waals surface area (Å²) in [5.41, 5.74) is 0.0779. The van der Waals surface area contributed by atoms with Crippen LogP contribution in [0.25, 0.3) is 0 Å². The Morgan fingerprint density at radius 1 is 0.966 bits per heavy atom. The highest BCUT2D eigenvalue weighted by atomic mass is 16.6. The number of hydrazine groups is 1. The lowest BCUT2D eigenvalue weighted by Gasteiger charge is -2.36. The van der Waals surface area contributed by atoms with Gasteiger partial charge in [0.05, 0.1) is 11.4 Å². The summed E-state index contributed by atoms with van der Waals surface area (Å²) in [7, 11) is 1.85. The van der Waals surface area contributed by atoms with Crippen LogP contribution in [0, 0.1) is 0 Å². The molecule has 1 aliphatic heterocycles. The van der Waals surface area contributed by atoms with Crippen LogP contribution in [-0.4, -0.2) is 54.4 Å². The summed E-state index contributed by atoms with van der Waals surface area (Å²) in [6.07, 6.45) is -1.40. The molecule has 0 aromatic heterocycles. The number of rotatable bonds is 1. The van der Waals surface area contributed by atoms with Crippen LogP contribution < -0.4 is 15.6 Å². The van der Waals surface area contributed by atoms with Crippen molar-refractivity contribution in [3.8, 4) is 0 Å². The number of carbonyl (C=O) groups excluding carboxylic acids is 3. The van der Waals surface area contributed by atoms with Crippen molar-refractivity contribution in [3.63, 3.8) is 0 Å². The van der Waals surface area contributed by atoms with Crippen LogP contribution in [-0.2, 0) is 9.47 Å². The summed E-state index contributed by atoms with van der Waals surface area (Å²) in [6.45, 7) is 11.5. The van der Waals surface area contributed by atoms with Crippen molar-refractivity contribution < 1.29 is 23.9 Å². The minimum Gasteiger partial charge on any atom is -0.443 e. The van der Waals surface area contributed by atoms with Gasteiger partial charge in [0.15, 0.2) is 0 Å². The molecule has 1 aliphatic rings. The number of nitrogens with zero attached hydrogens (tertiary/aromatic N) is 3. The molecule has 1 heterocycles. The molecule has 1 aromatic rings. The first-order valence-corrected chi connectivity index (χ1v) is 9.37. The number of fused-ring (bicyclic) bond motifs is 1. The Morgan fingerprint density at radius 3 is 2.10 bits per heavy atom. The van der Waals surface area contributed by atoms with E-state index < -0.39 is 29.3 Å². The first-order valence-electron chi connectivity index (χ1n) is 9.37. The van der Waals surface area contributed by atoms with Crippen molar-refractivity contribution in [2.45, 2.75) is 52.7 Å². The monoisotopic (exact) mass is 406 g/mol. The molecule has 0 aliphatic carbocycles. The van der Waals surface area contributed by atoms with E-state index in [1.807, 2.05) is 11.9 Å². The van der Waals surface area contributed by atoms with Gasteiger partial charge in [-0.05, 0) is 59.7 Å². The maximum absolute atomic E-state index is 12.6. The predicted octanol–water partition coefficient (Wildman–Crippen LogP) is 3.13. The SMILES string of the molecule is CN1CCN(C(=O)OC(C)(C)C)c2ccc(C(=O)N(N)C(=O)OC(C)(C)C)cc21. The summed E-state index contributed by atoms with van der Waals surface area (Å²) in [6, 6.07) is 4.76. The lowest BCUT2D eigenvalue weighted by molar-refractivity contribution is 0.0239. The van der Waals surface area contributed by atoms with Gasteiger partial charge in [-0.3, -0.25) is 9.69 Å². The van der Waals surface area contributed by atoms with E-state index in [0.717, 1.165) is 0 Å². The van der Waals surface area contributed by atoms with Gasteiger partial charge >= 0.3 is 12.2 Å². The number of hydrogen-bond acceptors (Lipinski definition) is 7. The summed E-state index contributed by atoms with van der Waals surface area (Å²) in [5.74, 6) is 4.96. The normalized spacial score (nSPS) is 14.2. The van der Waals surface area contributed by atoms with Gasteiger partial charge in [-0.15, -0.1) is 0 Å². The molecule has 3 amide bonds. The van der Waals surface area contributed by atoms with E-state index in [1.54, 1.807) is 53.7 Å². The molecule has 2 N–H and O–H groups in total. The van der Waals surface area contributed by atoms with E-state index in [-0.39, 0.29) is 5.56 Å². The van der Waals surface area contributed by atoms with Crippen molar-refractivity contribution in [2.75, 3.05) is 29.9 Å². The smallest absolute Gasteiger partial charge is 0.432 e. The predicted molar refractivity (Wildman–Crippen MR) is 110 cm³/mol. The standard InChI is InChI=1S/C20H30N4O5/c1-19(2,3)28-17(26)23-11-10-22(7)15-12-13(8-9-14(15)23)16(25)24(21)18(27)29-20(4,5)6/h8-9,12H,10-11,21H2,1-7H3. The number of benzene rings is 1. The third kappa shape index (κ3) is 5.60. The number of ether oxygens (including phenoxy) is 2. The largest absolute Gasteiger partial charge is 0.443 e. The minimum atomic E-state index is -0.941. The third-order valence-electron chi connectivity index (χ3n) is 4.01. The highest BCUT2D eigenvalue weighted by molar-refractivity contribution is 6.04. The topological polar surface area (TPSA) is 105 Å².